The van der Waals surface area contributed by atoms with Gasteiger partial charge in [0.2, 0.25) is 29.8 Å². The van der Waals surface area contributed by atoms with Gasteiger partial charge in [-0.15, -0.1) is 0 Å². The maximum Gasteiger partial charge on any atom is 0.338 e. The van der Waals surface area contributed by atoms with Crippen LogP contribution in [-0.2, 0) is 9.47 Å². The van der Waals surface area contributed by atoms with Crippen molar-refractivity contribution in [1.82, 2.24) is 14.7 Å². The summed E-state index contributed by atoms with van der Waals surface area (Å²) in [6.07, 6.45) is 5.16. The summed E-state index contributed by atoms with van der Waals surface area (Å²) in [7, 11) is 0. The number of carbonyl (C=O) groups is 2. The molecule has 52 heavy (non-hydrogen) atoms. The number of benzene rings is 3. The molecule has 3 aliphatic heterocycles. The molecule has 0 saturated heterocycles. The summed E-state index contributed by atoms with van der Waals surface area (Å²) in [5.41, 5.74) is 3.59. The van der Waals surface area contributed by atoms with Gasteiger partial charge in [-0.25, -0.2) is 19.2 Å². The van der Waals surface area contributed by atoms with Crippen LogP contribution in [0.2, 0.25) is 0 Å². The Labute approximate surface area is 299 Å². The van der Waals surface area contributed by atoms with Crippen molar-refractivity contribution in [3.63, 3.8) is 0 Å². The van der Waals surface area contributed by atoms with Gasteiger partial charge in [-0.3, -0.25) is 0 Å². The maximum absolute atomic E-state index is 12.4. The zero-order chi connectivity index (χ0) is 35.9. The second-order valence-electron chi connectivity index (χ2n) is 11.7. The molecule has 1 aromatic heterocycles. The third kappa shape index (κ3) is 7.52. The molecule has 4 heterocycles. The van der Waals surface area contributed by atoms with Crippen LogP contribution in [0, 0.1) is 0 Å². The molecule has 262 valence electrons. The molecule has 0 fully saturated rings. The van der Waals surface area contributed by atoms with Crippen molar-refractivity contribution >= 4 is 58.9 Å². The van der Waals surface area contributed by atoms with Crippen molar-refractivity contribution in [2.75, 3.05) is 23.8 Å². The van der Waals surface area contributed by atoms with Gasteiger partial charge in [-0.1, -0.05) is 44.9 Å². The summed E-state index contributed by atoms with van der Waals surface area (Å²) in [6, 6.07) is 25.1. The fourth-order valence-electron chi connectivity index (χ4n) is 5.18. The molecule has 0 radical (unpaired) electrons. The molecule has 15 nitrogen and oxygen atoms in total. The van der Waals surface area contributed by atoms with Gasteiger partial charge in [0, 0.05) is 11.4 Å². The minimum atomic E-state index is -0.381. The quantitative estimate of drug-likeness (QED) is 0.136. The van der Waals surface area contributed by atoms with Crippen LogP contribution in [0.5, 0.6) is 0 Å². The highest BCUT2D eigenvalue weighted by Gasteiger charge is 2.36. The Morgan fingerprint density at radius 1 is 0.615 bits per heavy atom. The monoisotopic (exact) mass is 697 g/mol. The van der Waals surface area contributed by atoms with E-state index in [1.807, 2.05) is 50.2 Å². The predicted molar refractivity (Wildman–Crippen MR) is 200 cm³/mol. The van der Waals surface area contributed by atoms with Gasteiger partial charge in [0.05, 0.1) is 36.2 Å². The van der Waals surface area contributed by atoms with Crippen LogP contribution in [0.1, 0.15) is 65.9 Å². The topological polar surface area (TPSA) is 172 Å². The van der Waals surface area contributed by atoms with E-state index in [2.05, 4.69) is 25.7 Å². The molecule has 0 unspecified atom stereocenters. The number of para-hydroxylation sites is 1. The first-order valence-electron chi connectivity index (χ1n) is 17.0. The first-order chi connectivity index (χ1) is 25.5. The number of ether oxygens (including phenoxy) is 2. The number of aliphatic imine (C=N–C) groups is 6. The summed E-state index contributed by atoms with van der Waals surface area (Å²) in [5.74, 6) is 0.670. The summed E-state index contributed by atoms with van der Waals surface area (Å²) >= 11 is 0. The van der Waals surface area contributed by atoms with Gasteiger partial charge in [0.15, 0.2) is 5.84 Å². The largest absolute Gasteiger partial charge is 0.462 e. The van der Waals surface area contributed by atoms with Crippen LogP contribution >= 0.6 is 0 Å². The van der Waals surface area contributed by atoms with E-state index in [1.54, 1.807) is 64.3 Å². The Morgan fingerprint density at radius 3 is 1.67 bits per heavy atom. The normalized spacial score (nSPS) is 14.5. The summed E-state index contributed by atoms with van der Waals surface area (Å²) in [6.45, 7) is 4.83. The van der Waals surface area contributed by atoms with Gasteiger partial charge >= 0.3 is 11.9 Å². The van der Waals surface area contributed by atoms with Crippen molar-refractivity contribution in [2.24, 2.45) is 30.0 Å². The number of rotatable bonds is 12. The molecule has 0 saturated carbocycles. The van der Waals surface area contributed by atoms with Crippen LogP contribution < -0.4 is 10.6 Å². The molecular weight excluding hydrogens is 662 g/mol. The van der Waals surface area contributed by atoms with E-state index in [9.17, 15) is 9.59 Å². The minimum Gasteiger partial charge on any atom is -0.462 e. The van der Waals surface area contributed by atoms with Crippen LogP contribution in [0.25, 0.3) is 5.69 Å². The Morgan fingerprint density at radius 2 is 1.13 bits per heavy atom. The van der Waals surface area contributed by atoms with Crippen LogP contribution in [0.4, 0.5) is 11.4 Å². The number of unbranched alkanes of at least 4 members (excludes halogenated alkanes) is 2. The van der Waals surface area contributed by atoms with Gasteiger partial charge in [-0.05, 0) is 79.6 Å². The second-order valence-corrected chi connectivity index (χ2v) is 11.7. The number of amidine groups is 1. The van der Waals surface area contributed by atoms with Crippen molar-refractivity contribution in [3.8, 4) is 5.69 Å². The number of hydrogen-bond donors (Lipinski definition) is 2. The first kappa shape index (κ1) is 33.7. The summed E-state index contributed by atoms with van der Waals surface area (Å²) in [4.78, 5) is 54.7. The number of guanidine groups is 5. The average molecular weight is 698 g/mol. The fourth-order valence-corrected chi connectivity index (χ4v) is 5.18. The van der Waals surface area contributed by atoms with Gasteiger partial charge in [-0.2, -0.15) is 35.1 Å². The third-order valence-corrected chi connectivity index (χ3v) is 7.92. The molecule has 3 aromatic carbocycles. The SMILES string of the molecule is CCCCOC(=O)c1ccc(NC2=NC3=NC(Nc4ccc(C(=O)OCCCC)cc4)=NC4=NC(c5ccnn5-c5ccccc5)=NC(=N2)N34)cc1. The molecule has 3 aliphatic rings. The Balaban J connectivity index is 1.19. The van der Waals surface area contributed by atoms with E-state index in [-0.39, 0.29) is 41.7 Å². The number of anilines is 2. The van der Waals surface area contributed by atoms with E-state index in [0.717, 1.165) is 31.4 Å². The third-order valence-electron chi connectivity index (χ3n) is 7.92. The molecule has 0 aliphatic carbocycles. The molecule has 15 heteroatoms. The maximum atomic E-state index is 12.4. The minimum absolute atomic E-state index is 0.205. The van der Waals surface area contributed by atoms with Crippen molar-refractivity contribution in [2.45, 2.75) is 39.5 Å². The van der Waals surface area contributed by atoms with E-state index in [0.29, 0.717) is 47.2 Å². The molecule has 2 N–H and O–H groups in total. The lowest BCUT2D eigenvalue weighted by Crippen LogP contribution is -2.49. The zero-order valence-electron chi connectivity index (χ0n) is 28.6. The van der Waals surface area contributed by atoms with E-state index < -0.39 is 0 Å². The standard InChI is InChI=1S/C37H35N11O4/c1-3-5-22-51-31(49)24-12-16-26(17-13-24)39-33-43-35-41-30(29-20-21-38-48(29)28-10-8-7-9-11-28)42-36-44-34(46-37(45-33)47(35)36)40-27-18-14-25(15-19-27)32(50)52-23-6-4-2/h7-21H,3-6,22-23H2,1-2H3,(H2,39,40,41,42,43,44,45,46). The molecular formula is C37H35N11O4. The zero-order valence-corrected chi connectivity index (χ0v) is 28.6. The van der Waals surface area contributed by atoms with Crippen LogP contribution in [0.3, 0.4) is 0 Å². The Kier molecular flexibility index (Phi) is 9.99. The van der Waals surface area contributed by atoms with Crippen molar-refractivity contribution in [1.29, 1.82) is 0 Å². The van der Waals surface area contributed by atoms with Gasteiger partial charge in [0.1, 0.15) is 5.69 Å². The molecule has 7 rings (SSSR count). The Bertz CT molecular complexity index is 2080. The van der Waals surface area contributed by atoms with Crippen molar-refractivity contribution < 1.29 is 19.1 Å². The van der Waals surface area contributed by atoms with E-state index >= 15 is 0 Å². The highest BCUT2D eigenvalue weighted by Crippen LogP contribution is 2.22. The highest BCUT2D eigenvalue weighted by molar-refractivity contribution is 6.33. The number of aromatic nitrogens is 2. The van der Waals surface area contributed by atoms with E-state index in [4.69, 9.17) is 29.4 Å². The number of carbonyl (C=O) groups excluding carboxylic acids is 2. The van der Waals surface area contributed by atoms with Crippen LogP contribution in [0.15, 0.2) is 121 Å². The first-order valence-corrected chi connectivity index (χ1v) is 17.0. The fraction of sp³-hybridized carbons (Fsp3) is 0.216. The van der Waals surface area contributed by atoms with Crippen molar-refractivity contribution in [3.05, 3.63) is 108 Å². The lowest BCUT2D eigenvalue weighted by Gasteiger charge is -2.30. The average Bonchev–Trinajstić information content (AvgIpc) is 3.66. The number of nitrogens with one attached hydrogen (secondary N) is 2. The highest BCUT2D eigenvalue weighted by atomic mass is 16.5. The molecule has 0 atom stereocenters. The molecule has 4 aromatic rings. The van der Waals surface area contributed by atoms with E-state index in [1.165, 1.54) is 0 Å². The van der Waals surface area contributed by atoms with Gasteiger partial charge < -0.3 is 20.1 Å². The number of nitrogens with zero attached hydrogens (tertiary/aromatic N) is 9. The molecule has 0 amide bonds. The second kappa shape index (κ2) is 15.4. The number of esters is 2. The predicted octanol–water partition coefficient (Wildman–Crippen LogP) is 5.88. The van der Waals surface area contributed by atoms with Crippen LogP contribution in [-0.4, -0.2) is 75.5 Å². The molecule has 0 bridgehead atoms. The lowest BCUT2D eigenvalue weighted by molar-refractivity contribution is 0.0490. The smallest absolute Gasteiger partial charge is 0.338 e. The van der Waals surface area contributed by atoms with Gasteiger partial charge in [0.25, 0.3) is 0 Å². The Hall–Kier alpha value is -6.77. The molecule has 0 spiro atoms. The summed E-state index contributed by atoms with van der Waals surface area (Å²) < 4.78 is 12.4. The summed E-state index contributed by atoms with van der Waals surface area (Å²) in [5, 5.41) is 10.9. The number of hydrogen-bond acceptors (Lipinski definition) is 14. The lowest BCUT2D eigenvalue weighted by atomic mass is 10.2.